The van der Waals surface area contributed by atoms with Crippen LogP contribution < -0.4 is 4.90 Å². The zero-order chi connectivity index (χ0) is 15.6. The van der Waals surface area contributed by atoms with Gasteiger partial charge in [0.1, 0.15) is 12.0 Å². The van der Waals surface area contributed by atoms with Crippen molar-refractivity contribution in [3.05, 3.63) is 27.9 Å². The fraction of sp³-hybridized carbons (Fsp3) is 0.667. The lowest BCUT2D eigenvalue weighted by Gasteiger charge is -2.41. The number of nitro groups is 1. The first-order valence-corrected chi connectivity index (χ1v) is 7.50. The fourth-order valence-electron chi connectivity index (χ4n) is 3.17. The molecule has 2 unspecified atom stereocenters. The smallest absolute Gasteiger partial charge is 0.290 e. The largest absolute Gasteiger partial charge is 0.356 e. The second kappa shape index (κ2) is 6.39. The molecule has 1 saturated heterocycles. The number of nitrogens with zero attached hydrogens (tertiary/aromatic N) is 4. The van der Waals surface area contributed by atoms with Gasteiger partial charge < -0.3 is 9.80 Å². The van der Waals surface area contributed by atoms with Gasteiger partial charge in [-0.3, -0.25) is 10.1 Å². The lowest BCUT2D eigenvalue weighted by atomic mass is 9.92. The number of pyridine rings is 1. The van der Waals surface area contributed by atoms with Crippen LogP contribution in [-0.4, -0.2) is 47.5 Å². The molecule has 1 fully saturated rings. The quantitative estimate of drug-likeness (QED) is 0.630. The van der Waals surface area contributed by atoms with Crippen molar-refractivity contribution in [3.8, 4) is 0 Å². The Balaban J connectivity index is 2.15. The van der Waals surface area contributed by atoms with Crippen LogP contribution in [0.25, 0.3) is 0 Å². The molecule has 0 spiro atoms. The molecule has 6 nitrogen and oxygen atoms in total. The molecule has 0 saturated carbocycles. The number of hydrogen-bond acceptors (Lipinski definition) is 5. The number of likely N-dealkylation sites (tertiary alicyclic amines) is 1. The van der Waals surface area contributed by atoms with Gasteiger partial charge in [0.2, 0.25) is 0 Å². The third-order valence-corrected chi connectivity index (χ3v) is 4.52. The van der Waals surface area contributed by atoms with Crippen molar-refractivity contribution in [1.82, 2.24) is 9.88 Å². The highest BCUT2D eigenvalue weighted by Crippen LogP contribution is 2.27. The molecule has 1 aliphatic rings. The maximum Gasteiger partial charge on any atom is 0.290 e. The van der Waals surface area contributed by atoms with Crippen LogP contribution in [0.15, 0.2) is 12.3 Å². The summed E-state index contributed by atoms with van der Waals surface area (Å²) in [6.07, 6.45) is 2.47. The van der Waals surface area contributed by atoms with E-state index in [9.17, 15) is 10.1 Å². The van der Waals surface area contributed by atoms with E-state index in [2.05, 4.69) is 28.6 Å². The molecule has 0 radical (unpaired) electrons. The Morgan fingerprint density at radius 1 is 1.57 bits per heavy atom. The summed E-state index contributed by atoms with van der Waals surface area (Å²) in [4.78, 5) is 19.4. The molecule has 1 aromatic heterocycles. The molecular formula is C15H24N4O2. The molecule has 2 heterocycles. The van der Waals surface area contributed by atoms with Crippen LogP contribution in [-0.2, 0) is 0 Å². The van der Waals surface area contributed by atoms with Crippen molar-refractivity contribution in [2.75, 3.05) is 31.6 Å². The Kier molecular flexibility index (Phi) is 4.77. The van der Waals surface area contributed by atoms with E-state index in [0.29, 0.717) is 17.5 Å². The van der Waals surface area contributed by atoms with Gasteiger partial charge in [0.15, 0.2) is 0 Å². The summed E-state index contributed by atoms with van der Waals surface area (Å²) in [7, 11) is 2.04. The molecule has 6 heteroatoms. The van der Waals surface area contributed by atoms with Gasteiger partial charge in [-0.25, -0.2) is 4.98 Å². The standard InChI is InChI=1S/C15H24N4O2/c1-5-18-7-6-13(12(3)10-18)17(4)15-8-11(2)14(9-16-15)19(20)21/h8-9,12-13H,5-7,10H2,1-4H3. The first-order valence-electron chi connectivity index (χ1n) is 7.50. The van der Waals surface area contributed by atoms with E-state index in [4.69, 9.17) is 0 Å². The van der Waals surface area contributed by atoms with Crippen LogP contribution in [0.4, 0.5) is 11.5 Å². The molecule has 21 heavy (non-hydrogen) atoms. The maximum atomic E-state index is 10.9. The summed E-state index contributed by atoms with van der Waals surface area (Å²) in [5.74, 6) is 1.38. The summed E-state index contributed by atoms with van der Waals surface area (Å²) in [5, 5.41) is 10.9. The summed E-state index contributed by atoms with van der Waals surface area (Å²) in [6, 6.07) is 2.25. The van der Waals surface area contributed by atoms with Crippen molar-refractivity contribution in [2.45, 2.75) is 33.2 Å². The molecular weight excluding hydrogens is 268 g/mol. The van der Waals surface area contributed by atoms with Gasteiger partial charge in [0, 0.05) is 31.7 Å². The predicted octanol–water partition coefficient (Wildman–Crippen LogP) is 2.46. The minimum Gasteiger partial charge on any atom is -0.356 e. The Labute approximate surface area is 125 Å². The minimum absolute atomic E-state index is 0.0843. The third kappa shape index (κ3) is 3.32. The highest BCUT2D eigenvalue weighted by atomic mass is 16.6. The van der Waals surface area contributed by atoms with Crippen LogP contribution in [0.1, 0.15) is 25.8 Å². The Hall–Kier alpha value is -1.69. The molecule has 0 aliphatic carbocycles. The van der Waals surface area contributed by atoms with E-state index in [0.717, 1.165) is 31.9 Å². The van der Waals surface area contributed by atoms with Gasteiger partial charge in [-0.1, -0.05) is 13.8 Å². The monoisotopic (exact) mass is 292 g/mol. The van der Waals surface area contributed by atoms with Crippen molar-refractivity contribution < 1.29 is 4.92 Å². The van der Waals surface area contributed by atoms with E-state index in [-0.39, 0.29) is 10.6 Å². The van der Waals surface area contributed by atoms with Gasteiger partial charge in [-0.2, -0.15) is 0 Å². The van der Waals surface area contributed by atoms with Crippen LogP contribution in [0, 0.1) is 23.0 Å². The molecule has 0 N–H and O–H groups in total. The molecule has 0 aromatic carbocycles. The predicted molar refractivity (Wildman–Crippen MR) is 83.7 cm³/mol. The van der Waals surface area contributed by atoms with E-state index in [1.807, 2.05) is 13.1 Å². The molecule has 0 amide bonds. The average Bonchev–Trinajstić information content (AvgIpc) is 2.45. The van der Waals surface area contributed by atoms with Crippen LogP contribution in [0.2, 0.25) is 0 Å². The first-order chi connectivity index (χ1) is 9.93. The molecule has 2 atom stereocenters. The molecule has 1 aliphatic heterocycles. The number of rotatable bonds is 4. The highest BCUT2D eigenvalue weighted by Gasteiger charge is 2.29. The molecule has 116 valence electrons. The number of anilines is 1. The van der Waals surface area contributed by atoms with Crippen molar-refractivity contribution in [3.63, 3.8) is 0 Å². The Morgan fingerprint density at radius 3 is 2.81 bits per heavy atom. The van der Waals surface area contributed by atoms with Crippen LogP contribution >= 0.6 is 0 Å². The summed E-state index contributed by atoms with van der Waals surface area (Å²) in [6.45, 7) is 9.51. The second-order valence-corrected chi connectivity index (χ2v) is 5.92. The zero-order valence-electron chi connectivity index (χ0n) is 13.2. The van der Waals surface area contributed by atoms with Crippen LogP contribution in [0.5, 0.6) is 0 Å². The number of piperidine rings is 1. The number of hydrogen-bond donors (Lipinski definition) is 0. The van der Waals surface area contributed by atoms with Gasteiger partial charge in [-0.05, 0) is 31.9 Å². The lowest BCUT2D eigenvalue weighted by Crippen LogP contribution is -2.49. The number of aryl methyl sites for hydroxylation is 1. The first kappa shape index (κ1) is 15.7. The molecule has 2 rings (SSSR count). The highest BCUT2D eigenvalue weighted by molar-refractivity contribution is 5.48. The zero-order valence-corrected chi connectivity index (χ0v) is 13.2. The number of aromatic nitrogens is 1. The maximum absolute atomic E-state index is 10.9. The summed E-state index contributed by atoms with van der Waals surface area (Å²) in [5.41, 5.74) is 0.747. The SMILES string of the molecule is CCN1CCC(N(C)c2cc(C)c([N+](=O)[O-])cn2)C(C)C1. The van der Waals surface area contributed by atoms with Crippen molar-refractivity contribution in [1.29, 1.82) is 0 Å². The van der Waals surface area contributed by atoms with E-state index in [1.54, 1.807) is 6.92 Å². The lowest BCUT2D eigenvalue weighted by molar-refractivity contribution is -0.385. The summed E-state index contributed by atoms with van der Waals surface area (Å²) < 4.78 is 0. The van der Waals surface area contributed by atoms with Gasteiger partial charge >= 0.3 is 0 Å². The topological polar surface area (TPSA) is 62.5 Å². The molecule has 0 bridgehead atoms. The fourth-order valence-corrected chi connectivity index (χ4v) is 3.17. The van der Waals surface area contributed by atoms with E-state index >= 15 is 0 Å². The Morgan fingerprint density at radius 2 is 2.29 bits per heavy atom. The van der Waals surface area contributed by atoms with E-state index in [1.165, 1.54) is 6.20 Å². The third-order valence-electron chi connectivity index (χ3n) is 4.52. The van der Waals surface area contributed by atoms with Gasteiger partial charge in [-0.15, -0.1) is 0 Å². The van der Waals surface area contributed by atoms with Crippen LogP contribution in [0.3, 0.4) is 0 Å². The average molecular weight is 292 g/mol. The summed E-state index contributed by atoms with van der Waals surface area (Å²) >= 11 is 0. The normalized spacial score (nSPS) is 23.0. The van der Waals surface area contributed by atoms with Gasteiger partial charge in [0.05, 0.1) is 4.92 Å². The van der Waals surface area contributed by atoms with E-state index < -0.39 is 0 Å². The Bertz CT molecular complexity index is 520. The van der Waals surface area contributed by atoms with Crippen molar-refractivity contribution >= 4 is 11.5 Å². The van der Waals surface area contributed by atoms with Crippen molar-refractivity contribution in [2.24, 2.45) is 5.92 Å². The molecule has 1 aromatic rings. The minimum atomic E-state index is -0.380. The second-order valence-electron chi connectivity index (χ2n) is 5.92. The van der Waals surface area contributed by atoms with Gasteiger partial charge in [0.25, 0.3) is 5.69 Å².